The van der Waals surface area contributed by atoms with E-state index in [9.17, 15) is 17.6 Å². The van der Waals surface area contributed by atoms with Crippen molar-refractivity contribution in [1.29, 1.82) is 0 Å². The van der Waals surface area contributed by atoms with Crippen molar-refractivity contribution in [1.82, 2.24) is 9.97 Å². The zero-order valence-corrected chi connectivity index (χ0v) is 11.8. The molecule has 0 aliphatic heterocycles. The lowest BCUT2D eigenvalue weighted by Crippen LogP contribution is -2.06. The fourth-order valence-electron chi connectivity index (χ4n) is 1.86. The Bertz CT molecular complexity index is 656. The lowest BCUT2D eigenvalue weighted by atomic mass is 10.1. The Morgan fingerprint density at radius 3 is 2.43 bits per heavy atom. The van der Waals surface area contributed by atoms with E-state index >= 15 is 0 Å². The molecule has 1 heterocycles. The minimum absolute atomic E-state index is 0.0176. The van der Waals surface area contributed by atoms with Gasteiger partial charge in [-0.15, -0.1) is 0 Å². The molecule has 2 aromatic rings. The van der Waals surface area contributed by atoms with Gasteiger partial charge in [0.25, 0.3) is 0 Å². The fourth-order valence-corrected chi connectivity index (χ4v) is 2.07. The number of rotatable bonds is 3. The number of hydrogen-bond acceptors (Lipinski definition) is 2. The molecule has 0 saturated carbocycles. The highest BCUT2D eigenvalue weighted by Crippen LogP contribution is 2.32. The average molecular weight is 319 g/mol. The van der Waals surface area contributed by atoms with Crippen LogP contribution >= 0.6 is 11.6 Å². The SMILES string of the molecule is CCCc1cc(Cl)nc(-c2cc(F)cc(C(F)(F)F)c2)n1. The predicted octanol–water partition coefficient (Wildman–Crippen LogP) is 4.91. The molecule has 0 bridgehead atoms. The second kappa shape index (κ2) is 5.97. The number of alkyl halides is 3. The topological polar surface area (TPSA) is 25.8 Å². The van der Waals surface area contributed by atoms with E-state index in [1.807, 2.05) is 6.92 Å². The summed E-state index contributed by atoms with van der Waals surface area (Å²) >= 11 is 5.84. The van der Waals surface area contributed by atoms with Crippen LogP contribution in [0, 0.1) is 5.82 Å². The first-order valence-corrected chi connectivity index (χ1v) is 6.59. The van der Waals surface area contributed by atoms with Gasteiger partial charge in [0.05, 0.1) is 5.56 Å². The number of benzene rings is 1. The molecule has 7 heteroatoms. The molecule has 2 nitrogen and oxygen atoms in total. The fraction of sp³-hybridized carbons (Fsp3) is 0.286. The van der Waals surface area contributed by atoms with Crippen molar-refractivity contribution in [3.8, 4) is 11.4 Å². The van der Waals surface area contributed by atoms with Crippen LogP contribution in [0.2, 0.25) is 5.15 Å². The molecule has 0 spiro atoms. The molecule has 0 unspecified atom stereocenters. The zero-order chi connectivity index (χ0) is 15.6. The van der Waals surface area contributed by atoms with Crippen molar-refractivity contribution in [3.05, 3.63) is 46.5 Å². The summed E-state index contributed by atoms with van der Waals surface area (Å²) in [5.74, 6) is -1.02. The van der Waals surface area contributed by atoms with Crippen LogP contribution in [0.5, 0.6) is 0 Å². The smallest absolute Gasteiger partial charge is 0.233 e. The zero-order valence-electron chi connectivity index (χ0n) is 11.0. The van der Waals surface area contributed by atoms with Gasteiger partial charge in [0, 0.05) is 11.3 Å². The van der Waals surface area contributed by atoms with Gasteiger partial charge in [0.15, 0.2) is 5.82 Å². The Balaban J connectivity index is 2.53. The molecule has 0 aliphatic rings. The maximum atomic E-state index is 13.4. The molecule has 0 saturated heterocycles. The van der Waals surface area contributed by atoms with Gasteiger partial charge in [-0.2, -0.15) is 13.2 Å². The van der Waals surface area contributed by atoms with Crippen LogP contribution in [0.1, 0.15) is 24.6 Å². The van der Waals surface area contributed by atoms with Crippen LogP contribution in [0.25, 0.3) is 11.4 Å². The van der Waals surface area contributed by atoms with Crippen LogP contribution in [-0.2, 0) is 12.6 Å². The normalized spacial score (nSPS) is 11.7. The van der Waals surface area contributed by atoms with Gasteiger partial charge >= 0.3 is 6.18 Å². The van der Waals surface area contributed by atoms with E-state index in [1.54, 1.807) is 6.07 Å². The van der Waals surface area contributed by atoms with Gasteiger partial charge in [0.2, 0.25) is 0 Å². The molecule has 2 rings (SSSR count). The van der Waals surface area contributed by atoms with Crippen molar-refractivity contribution in [2.24, 2.45) is 0 Å². The molecule has 0 radical (unpaired) electrons. The standard InChI is InChI=1S/C14H11ClF4N2/c1-2-3-11-7-12(15)21-13(20-11)8-4-9(14(17,18)19)6-10(16)5-8/h4-7H,2-3H2,1H3. The Kier molecular flexibility index (Phi) is 4.46. The van der Waals surface area contributed by atoms with E-state index < -0.39 is 17.6 Å². The largest absolute Gasteiger partial charge is 0.416 e. The molecular formula is C14H11ClF4N2. The molecule has 1 aromatic heterocycles. The van der Waals surface area contributed by atoms with Crippen LogP contribution in [0.15, 0.2) is 24.3 Å². The molecule has 112 valence electrons. The molecule has 1 aromatic carbocycles. The Labute approximate surface area is 123 Å². The number of aromatic nitrogens is 2. The first-order chi connectivity index (χ1) is 9.79. The van der Waals surface area contributed by atoms with Gasteiger partial charge in [-0.1, -0.05) is 24.9 Å². The van der Waals surface area contributed by atoms with Gasteiger partial charge in [-0.25, -0.2) is 14.4 Å². The molecule has 0 fully saturated rings. The van der Waals surface area contributed by atoms with E-state index in [0.717, 1.165) is 18.6 Å². The lowest BCUT2D eigenvalue weighted by Gasteiger charge is -2.10. The minimum atomic E-state index is -4.64. The highest BCUT2D eigenvalue weighted by molar-refractivity contribution is 6.29. The molecule has 21 heavy (non-hydrogen) atoms. The van der Waals surface area contributed by atoms with E-state index in [0.29, 0.717) is 18.2 Å². The molecule has 0 atom stereocenters. The molecule has 0 aliphatic carbocycles. The van der Waals surface area contributed by atoms with Crippen LogP contribution in [0.3, 0.4) is 0 Å². The third-order valence-corrected chi connectivity index (χ3v) is 2.93. The highest BCUT2D eigenvalue weighted by Gasteiger charge is 2.31. The third-order valence-electron chi connectivity index (χ3n) is 2.74. The monoisotopic (exact) mass is 318 g/mol. The first kappa shape index (κ1) is 15.7. The summed E-state index contributed by atoms with van der Waals surface area (Å²) in [5.41, 5.74) is -0.536. The van der Waals surface area contributed by atoms with Crippen molar-refractivity contribution < 1.29 is 17.6 Å². The summed E-state index contributed by atoms with van der Waals surface area (Å²) in [7, 11) is 0. The van der Waals surface area contributed by atoms with Crippen LogP contribution in [0.4, 0.5) is 17.6 Å². The van der Waals surface area contributed by atoms with Gasteiger partial charge in [-0.05, 0) is 30.7 Å². The van der Waals surface area contributed by atoms with Gasteiger partial charge in [-0.3, -0.25) is 0 Å². The Morgan fingerprint density at radius 2 is 1.81 bits per heavy atom. The van der Waals surface area contributed by atoms with Crippen molar-refractivity contribution in [2.45, 2.75) is 25.9 Å². The second-order valence-corrected chi connectivity index (χ2v) is 4.87. The van der Waals surface area contributed by atoms with Crippen molar-refractivity contribution >= 4 is 11.6 Å². The maximum Gasteiger partial charge on any atom is 0.416 e. The van der Waals surface area contributed by atoms with Crippen molar-refractivity contribution in [3.63, 3.8) is 0 Å². The summed E-state index contributed by atoms with van der Waals surface area (Å²) in [5, 5.41) is 0.112. The minimum Gasteiger partial charge on any atom is -0.233 e. The lowest BCUT2D eigenvalue weighted by molar-refractivity contribution is -0.137. The summed E-state index contributed by atoms with van der Waals surface area (Å²) < 4.78 is 51.5. The Morgan fingerprint density at radius 1 is 1.10 bits per heavy atom. The third kappa shape index (κ3) is 3.91. The molecular weight excluding hydrogens is 308 g/mol. The predicted molar refractivity (Wildman–Crippen MR) is 71.4 cm³/mol. The Hall–Kier alpha value is -1.69. The summed E-state index contributed by atoms with van der Waals surface area (Å²) in [6, 6.07) is 3.74. The number of nitrogens with zero attached hydrogens (tertiary/aromatic N) is 2. The highest BCUT2D eigenvalue weighted by atomic mass is 35.5. The average Bonchev–Trinajstić information content (AvgIpc) is 2.36. The van der Waals surface area contributed by atoms with Crippen LogP contribution in [-0.4, -0.2) is 9.97 Å². The number of halogens is 5. The van der Waals surface area contributed by atoms with Crippen molar-refractivity contribution in [2.75, 3.05) is 0 Å². The first-order valence-electron chi connectivity index (χ1n) is 6.21. The number of hydrogen-bond donors (Lipinski definition) is 0. The second-order valence-electron chi connectivity index (χ2n) is 4.48. The molecule has 0 N–H and O–H groups in total. The van der Waals surface area contributed by atoms with E-state index in [-0.39, 0.29) is 16.5 Å². The van der Waals surface area contributed by atoms with E-state index in [4.69, 9.17) is 11.6 Å². The van der Waals surface area contributed by atoms with E-state index in [1.165, 1.54) is 0 Å². The van der Waals surface area contributed by atoms with Crippen LogP contribution < -0.4 is 0 Å². The van der Waals surface area contributed by atoms with Gasteiger partial charge < -0.3 is 0 Å². The molecule has 0 amide bonds. The summed E-state index contributed by atoms with van der Waals surface area (Å²) in [6.45, 7) is 1.93. The van der Waals surface area contributed by atoms with Gasteiger partial charge in [0.1, 0.15) is 11.0 Å². The van der Waals surface area contributed by atoms with E-state index in [2.05, 4.69) is 9.97 Å². The summed E-state index contributed by atoms with van der Waals surface area (Å²) in [6.07, 6.45) is -3.23. The maximum absolute atomic E-state index is 13.4. The number of aryl methyl sites for hydroxylation is 1. The quantitative estimate of drug-likeness (QED) is 0.593. The summed E-state index contributed by atoms with van der Waals surface area (Å²) in [4.78, 5) is 8.00.